The van der Waals surface area contributed by atoms with Crippen LogP contribution in [0.5, 0.6) is 0 Å². The van der Waals surface area contributed by atoms with E-state index in [1.165, 1.54) is 23.5 Å². The molecule has 0 unspecified atom stereocenters. The van der Waals surface area contributed by atoms with E-state index >= 15 is 0 Å². The molecule has 2 heterocycles. The molecule has 2 aromatic heterocycles. The molecule has 21 heavy (non-hydrogen) atoms. The van der Waals surface area contributed by atoms with Gasteiger partial charge in [0.1, 0.15) is 16.4 Å². The summed E-state index contributed by atoms with van der Waals surface area (Å²) >= 11 is 1.39. The Bertz CT molecular complexity index is 738. The molecule has 0 amide bonds. The fourth-order valence-electron chi connectivity index (χ4n) is 2.04. The summed E-state index contributed by atoms with van der Waals surface area (Å²) in [5.74, 6) is -0.278. The molecule has 0 radical (unpaired) electrons. The lowest BCUT2D eigenvalue weighted by Gasteiger charge is -2.21. The zero-order valence-electron chi connectivity index (χ0n) is 11.3. The first-order valence-electron chi connectivity index (χ1n) is 6.42. The molecule has 0 aliphatic carbocycles. The van der Waals surface area contributed by atoms with E-state index in [-0.39, 0.29) is 5.82 Å². The van der Waals surface area contributed by atoms with Crippen molar-refractivity contribution in [3.05, 3.63) is 71.2 Å². The van der Waals surface area contributed by atoms with Crippen LogP contribution < -0.4 is 0 Å². The summed E-state index contributed by atoms with van der Waals surface area (Å²) in [4.78, 5) is 9.01. The standard InChI is InChI=1S/C16H13FN2OS/c1-16(20,12-6-8-18-9-7-12)14-10-19-15(21-14)11-2-4-13(17)5-3-11/h2-10,20H,1H3/t16-/m0/s1. The highest BCUT2D eigenvalue weighted by molar-refractivity contribution is 7.15. The molecule has 3 nitrogen and oxygen atoms in total. The minimum Gasteiger partial charge on any atom is -0.380 e. The van der Waals surface area contributed by atoms with Crippen LogP contribution in [-0.2, 0) is 5.60 Å². The molecule has 0 saturated heterocycles. The number of thiazole rings is 1. The van der Waals surface area contributed by atoms with Crippen molar-refractivity contribution >= 4 is 11.3 Å². The van der Waals surface area contributed by atoms with Gasteiger partial charge in [-0.15, -0.1) is 11.3 Å². The van der Waals surface area contributed by atoms with Gasteiger partial charge in [-0.2, -0.15) is 0 Å². The second-order valence-electron chi connectivity index (χ2n) is 4.84. The highest BCUT2D eigenvalue weighted by Gasteiger charge is 2.28. The number of benzene rings is 1. The van der Waals surface area contributed by atoms with Crippen molar-refractivity contribution in [1.82, 2.24) is 9.97 Å². The molecular weight excluding hydrogens is 287 g/mol. The van der Waals surface area contributed by atoms with E-state index in [1.807, 2.05) is 0 Å². The van der Waals surface area contributed by atoms with Crippen LogP contribution in [0.2, 0.25) is 0 Å². The highest BCUT2D eigenvalue weighted by atomic mass is 32.1. The first-order valence-corrected chi connectivity index (χ1v) is 7.24. The Balaban J connectivity index is 1.96. The summed E-state index contributed by atoms with van der Waals surface area (Å²) in [7, 11) is 0. The number of rotatable bonds is 3. The monoisotopic (exact) mass is 300 g/mol. The maximum atomic E-state index is 13.0. The molecule has 0 saturated carbocycles. The average Bonchev–Trinajstić information content (AvgIpc) is 2.99. The third-order valence-corrected chi connectivity index (χ3v) is 4.58. The van der Waals surface area contributed by atoms with Crippen molar-refractivity contribution in [1.29, 1.82) is 0 Å². The minimum absolute atomic E-state index is 0.278. The molecule has 106 valence electrons. The molecule has 3 rings (SSSR count). The van der Waals surface area contributed by atoms with Gasteiger partial charge in [0, 0.05) is 24.2 Å². The molecule has 3 aromatic rings. The normalized spacial score (nSPS) is 13.9. The van der Waals surface area contributed by atoms with Crippen molar-refractivity contribution in [2.75, 3.05) is 0 Å². The van der Waals surface area contributed by atoms with Crippen LogP contribution in [0.4, 0.5) is 4.39 Å². The summed E-state index contributed by atoms with van der Waals surface area (Å²) in [6.07, 6.45) is 4.95. The van der Waals surface area contributed by atoms with Gasteiger partial charge in [0.25, 0.3) is 0 Å². The third kappa shape index (κ3) is 2.70. The van der Waals surface area contributed by atoms with E-state index in [2.05, 4.69) is 9.97 Å². The molecule has 0 spiro atoms. The van der Waals surface area contributed by atoms with Crippen LogP contribution in [0.25, 0.3) is 10.6 Å². The Labute approximate surface area is 125 Å². The van der Waals surface area contributed by atoms with Crippen LogP contribution in [0.1, 0.15) is 17.4 Å². The van der Waals surface area contributed by atoms with E-state index in [0.717, 1.165) is 21.0 Å². The number of aliphatic hydroxyl groups is 1. The summed E-state index contributed by atoms with van der Waals surface area (Å²) in [5.41, 5.74) is 0.462. The predicted octanol–water partition coefficient (Wildman–Crippen LogP) is 3.60. The van der Waals surface area contributed by atoms with Crippen molar-refractivity contribution in [3.63, 3.8) is 0 Å². The Hall–Kier alpha value is -2.11. The summed E-state index contributed by atoms with van der Waals surface area (Å²) in [6, 6.07) is 9.71. The Morgan fingerprint density at radius 1 is 1.10 bits per heavy atom. The number of hydrogen-bond acceptors (Lipinski definition) is 4. The smallest absolute Gasteiger partial charge is 0.123 e. The number of halogens is 1. The van der Waals surface area contributed by atoms with Gasteiger partial charge >= 0.3 is 0 Å². The van der Waals surface area contributed by atoms with Gasteiger partial charge in [-0.25, -0.2) is 9.37 Å². The zero-order valence-corrected chi connectivity index (χ0v) is 12.1. The summed E-state index contributed by atoms with van der Waals surface area (Å²) in [5, 5.41) is 11.5. The Morgan fingerprint density at radius 3 is 2.43 bits per heavy atom. The van der Waals surface area contributed by atoms with Gasteiger partial charge in [-0.3, -0.25) is 4.98 Å². The van der Waals surface area contributed by atoms with Crippen molar-refractivity contribution in [2.45, 2.75) is 12.5 Å². The molecule has 1 N–H and O–H groups in total. The first kappa shape index (κ1) is 13.9. The van der Waals surface area contributed by atoms with Crippen molar-refractivity contribution < 1.29 is 9.50 Å². The topological polar surface area (TPSA) is 46.0 Å². The molecule has 1 atom stereocenters. The van der Waals surface area contributed by atoms with Gasteiger partial charge in [0.05, 0.1) is 4.88 Å². The van der Waals surface area contributed by atoms with Crippen LogP contribution in [-0.4, -0.2) is 15.1 Å². The van der Waals surface area contributed by atoms with Gasteiger partial charge in [0.15, 0.2) is 0 Å². The molecule has 0 fully saturated rings. The fourth-order valence-corrected chi connectivity index (χ4v) is 3.03. The molecule has 1 aromatic carbocycles. The Kier molecular flexibility index (Phi) is 3.53. The van der Waals surface area contributed by atoms with Gasteiger partial charge < -0.3 is 5.11 Å². The molecule has 0 aliphatic rings. The quantitative estimate of drug-likeness (QED) is 0.804. The van der Waals surface area contributed by atoms with Gasteiger partial charge in [0.2, 0.25) is 0 Å². The lowest BCUT2D eigenvalue weighted by Crippen LogP contribution is -2.21. The number of nitrogens with zero attached hydrogens (tertiary/aromatic N) is 2. The second-order valence-corrected chi connectivity index (χ2v) is 5.88. The van der Waals surface area contributed by atoms with Crippen LogP contribution >= 0.6 is 11.3 Å². The van der Waals surface area contributed by atoms with E-state index in [4.69, 9.17) is 0 Å². The number of hydrogen-bond donors (Lipinski definition) is 1. The first-order chi connectivity index (χ1) is 10.1. The SMILES string of the molecule is C[C@](O)(c1ccncc1)c1cnc(-c2ccc(F)cc2)s1. The maximum Gasteiger partial charge on any atom is 0.123 e. The maximum absolute atomic E-state index is 13.0. The van der Waals surface area contributed by atoms with Crippen molar-refractivity contribution in [3.8, 4) is 10.6 Å². The van der Waals surface area contributed by atoms with Gasteiger partial charge in [-0.1, -0.05) is 0 Å². The van der Waals surface area contributed by atoms with Gasteiger partial charge in [-0.05, 0) is 48.9 Å². The summed E-state index contributed by atoms with van der Waals surface area (Å²) in [6.45, 7) is 1.73. The second kappa shape index (κ2) is 5.35. The van der Waals surface area contributed by atoms with Crippen molar-refractivity contribution in [2.24, 2.45) is 0 Å². The van der Waals surface area contributed by atoms with E-state index < -0.39 is 5.60 Å². The highest BCUT2D eigenvalue weighted by Crippen LogP contribution is 2.35. The zero-order chi connectivity index (χ0) is 14.9. The Morgan fingerprint density at radius 2 is 1.76 bits per heavy atom. The molecule has 0 bridgehead atoms. The molecule has 0 aliphatic heterocycles. The third-order valence-electron chi connectivity index (χ3n) is 3.32. The van der Waals surface area contributed by atoms with E-state index in [1.54, 1.807) is 49.8 Å². The van der Waals surface area contributed by atoms with Crippen LogP contribution in [0.15, 0.2) is 55.0 Å². The molecular formula is C16H13FN2OS. The lowest BCUT2D eigenvalue weighted by atomic mass is 9.96. The summed E-state index contributed by atoms with van der Waals surface area (Å²) < 4.78 is 13.0. The lowest BCUT2D eigenvalue weighted by molar-refractivity contribution is 0.106. The number of pyridine rings is 1. The van der Waals surface area contributed by atoms with Crippen LogP contribution in [0, 0.1) is 5.82 Å². The number of aromatic nitrogens is 2. The van der Waals surface area contributed by atoms with Crippen LogP contribution in [0.3, 0.4) is 0 Å². The molecule has 5 heteroatoms. The fraction of sp³-hybridized carbons (Fsp3) is 0.125. The largest absolute Gasteiger partial charge is 0.380 e. The average molecular weight is 300 g/mol. The predicted molar refractivity (Wildman–Crippen MR) is 80.4 cm³/mol. The van der Waals surface area contributed by atoms with E-state index in [9.17, 15) is 9.50 Å². The van der Waals surface area contributed by atoms with E-state index in [0.29, 0.717) is 0 Å². The minimum atomic E-state index is -1.13.